The highest BCUT2D eigenvalue weighted by Crippen LogP contribution is 2.36. The van der Waals surface area contributed by atoms with E-state index in [1.54, 1.807) is 0 Å². The van der Waals surface area contributed by atoms with Crippen molar-refractivity contribution >= 4 is 23.0 Å². The van der Waals surface area contributed by atoms with Gasteiger partial charge in [-0.15, -0.1) is 0 Å². The number of hydrogen-bond acceptors (Lipinski definition) is 6. The molecule has 160 valence electrons. The fourth-order valence-electron chi connectivity index (χ4n) is 4.15. The van der Waals surface area contributed by atoms with E-state index in [2.05, 4.69) is 39.6 Å². The van der Waals surface area contributed by atoms with Crippen LogP contribution in [0.1, 0.15) is 29.5 Å². The Balaban J connectivity index is 1.53. The van der Waals surface area contributed by atoms with Crippen molar-refractivity contribution in [1.29, 1.82) is 0 Å². The molecular weight excluding hydrogens is 390 g/mol. The summed E-state index contributed by atoms with van der Waals surface area (Å²) >= 11 is 0. The van der Waals surface area contributed by atoms with E-state index in [-0.39, 0.29) is 16.4 Å². The monoisotopic (exact) mass is 417 g/mol. The molecule has 31 heavy (non-hydrogen) atoms. The number of aryl methyl sites for hydroxylation is 2. The molecule has 0 amide bonds. The topological polar surface area (TPSA) is 84.2 Å². The summed E-state index contributed by atoms with van der Waals surface area (Å²) in [6.45, 7) is 5.45. The molecule has 1 saturated heterocycles. The van der Waals surface area contributed by atoms with Gasteiger partial charge in [0.15, 0.2) is 0 Å². The van der Waals surface area contributed by atoms with Gasteiger partial charge in [-0.05, 0) is 61.8 Å². The second-order valence-electron chi connectivity index (χ2n) is 8.22. The summed E-state index contributed by atoms with van der Waals surface area (Å²) in [4.78, 5) is 22.1. The van der Waals surface area contributed by atoms with Gasteiger partial charge in [0.25, 0.3) is 0 Å². The summed E-state index contributed by atoms with van der Waals surface area (Å²) in [6, 6.07) is 16.5. The largest absolute Gasteiger partial charge is 0.353 e. The average Bonchev–Trinajstić information content (AvgIpc) is 2.77. The van der Waals surface area contributed by atoms with Gasteiger partial charge < -0.3 is 10.2 Å². The zero-order chi connectivity index (χ0) is 21.8. The van der Waals surface area contributed by atoms with E-state index in [0.717, 1.165) is 49.2 Å². The fourth-order valence-corrected chi connectivity index (χ4v) is 4.15. The lowest BCUT2D eigenvalue weighted by atomic mass is 9.90. The summed E-state index contributed by atoms with van der Waals surface area (Å²) in [6.07, 6.45) is 4.41. The highest BCUT2D eigenvalue weighted by atomic mass is 16.6. The normalized spacial score (nSPS) is 14.5. The lowest BCUT2D eigenvalue weighted by Crippen LogP contribution is -2.35. The van der Waals surface area contributed by atoms with E-state index in [1.807, 2.05) is 43.0 Å². The Morgan fingerprint density at radius 2 is 1.84 bits per heavy atom. The predicted octanol–water partition coefficient (Wildman–Crippen LogP) is 5.20. The maximum atomic E-state index is 12.0. The lowest BCUT2D eigenvalue weighted by molar-refractivity contribution is -0.383. The Kier molecular flexibility index (Phi) is 6.11. The molecule has 1 N–H and O–H groups in total. The highest BCUT2D eigenvalue weighted by molar-refractivity contribution is 5.75. The quantitative estimate of drug-likeness (QED) is 0.438. The van der Waals surface area contributed by atoms with Gasteiger partial charge in [0, 0.05) is 18.8 Å². The van der Waals surface area contributed by atoms with E-state index in [9.17, 15) is 10.1 Å². The zero-order valence-corrected chi connectivity index (χ0v) is 17.9. The van der Waals surface area contributed by atoms with Gasteiger partial charge in [0.05, 0.1) is 4.92 Å². The predicted molar refractivity (Wildman–Crippen MR) is 123 cm³/mol. The number of aromatic nitrogens is 2. The molecule has 0 spiro atoms. The number of nitrogens with zero attached hydrogens (tertiary/aromatic N) is 4. The molecule has 3 aromatic rings. The average molecular weight is 418 g/mol. The van der Waals surface area contributed by atoms with Crippen LogP contribution >= 0.6 is 0 Å². The molecule has 0 saturated carbocycles. The van der Waals surface area contributed by atoms with E-state index >= 15 is 0 Å². The smallest absolute Gasteiger partial charge is 0.351 e. The first-order valence-corrected chi connectivity index (χ1v) is 10.6. The van der Waals surface area contributed by atoms with Crippen LogP contribution in [-0.4, -0.2) is 28.0 Å². The molecule has 1 aliphatic rings. The summed E-state index contributed by atoms with van der Waals surface area (Å²) in [5.41, 5.74) is 4.17. The number of hydrogen-bond donors (Lipinski definition) is 1. The Morgan fingerprint density at radius 1 is 1.10 bits per heavy atom. The van der Waals surface area contributed by atoms with Crippen molar-refractivity contribution in [3.63, 3.8) is 0 Å². The SMILES string of the molecule is Cc1ccc(C)c(Nc2ncnc(N3CCC(Cc4ccccc4)CC3)c2[N+](=O)[O-])c1. The Bertz CT molecular complexity index is 1060. The minimum Gasteiger partial charge on any atom is -0.351 e. The molecule has 0 bridgehead atoms. The van der Waals surface area contributed by atoms with E-state index in [1.165, 1.54) is 11.9 Å². The molecule has 0 atom stereocenters. The van der Waals surface area contributed by atoms with E-state index in [0.29, 0.717) is 11.7 Å². The van der Waals surface area contributed by atoms with Gasteiger partial charge in [-0.2, -0.15) is 0 Å². The van der Waals surface area contributed by atoms with Crippen molar-refractivity contribution in [2.24, 2.45) is 5.92 Å². The number of nitrogens with one attached hydrogen (secondary N) is 1. The minimum absolute atomic E-state index is 0.0649. The van der Waals surface area contributed by atoms with Crippen LogP contribution in [-0.2, 0) is 6.42 Å². The first kappa shape index (κ1) is 20.8. The highest BCUT2D eigenvalue weighted by Gasteiger charge is 2.30. The molecule has 4 rings (SSSR count). The summed E-state index contributed by atoms with van der Waals surface area (Å²) in [5.74, 6) is 1.20. The molecular formula is C24H27N5O2. The first-order chi connectivity index (χ1) is 15.0. The third kappa shape index (κ3) is 4.82. The summed E-state index contributed by atoms with van der Waals surface area (Å²) in [5, 5.41) is 15.2. The number of piperidine rings is 1. The third-order valence-corrected chi connectivity index (χ3v) is 5.91. The van der Waals surface area contributed by atoms with E-state index in [4.69, 9.17) is 0 Å². The summed E-state index contributed by atoms with van der Waals surface area (Å²) < 4.78 is 0. The van der Waals surface area contributed by atoms with Crippen LogP contribution in [0.15, 0.2) is 54.9 Å². The number of nitro groups is 1. The molecule has 7 heteroatoms. The van der Waals surface area contributed by atoms with E-state index < -0.39 is 0 Å². The molecule has 1 fully saturated rings. The van der Waals surface area contributed by atoms with Crippen LogP contribution < -0.4 is 10.2 Å². The van der Waals surface area contributed by atoms with Crippen LogP contribution in [0.3, 0.4) is 0 Å². The molecule has 7 nitrogen and oxygen atoms in total. The molecule has 2 heterocycles. The van der Waals surface area contributed by atoms with Crippen LogP contribution in [0.5, 0.6) is 0 Å². The standard InChI is InChI=1S/C24H27N5O2/c1-17-8-9-18(2)21(14-17)27-23-22(29(30)31)24(26-16-25-23)28-12-10-20(11-13-28)15-19-6-4-3-5-7-19/h3-9,14,16,20H,10-13,15H2,1-2H3,(H,25,26,27). The van der Waals surface area contributed by atoms with Gasteiger partial charge in [0.2, 0.25) is 11.6 Å². The molecule has 1 aliphatic heterocycles. The van der Waals surface area contributed by atoms with Crippen LogP contribution in [0, 0.1) is 29.9 Å². The molecule has 1 aromatic heterocycles. The summed E-state index contributed by atoms with van der Waals surface area (Å²) in [7, 11) is 0. The Hall–Kier alpha value is -3.48. The molecule has 0 radical (unpaired) electrons. The van der Waals surface area contributed by atoms with Crippen LogP contribution in [0.2, 0.25) is 0 Å². The maximum absolute atomic E-state index is 12.0. The first-order valence-electron chi connectivity index (χ1n) is 10.6. The van der Waals surface area contributed by atoms with Crippen molar-refractivity contribution in [3.05, 3.63) is 81.7 Å². The van der Waals surface area contributed by atoms with Gasteiger partial charge in [-0.1, -0.05) is 42.5 Å². The van der Waals surface area contributed by atoms with Crippen molar-refractivity contribution in [2.45, 2.75) is 33.1 Å². The van der Waals surface area contributed by atoms with Crippen LogP contribution in [0.4, 0.5) is 23.0 Å². The number of benzene rings is 2. The second-order valence-corrected chi connectivity index (χ2v) is 8.22. The van der Waals surface area contributed by atoms with Crippen molar-refractivity contribution < 1.29 is 4.92 Å². The number of anilines is 3. The second kappa shape index (κ2) is 9.12. The molecule has 2 aromatic carbocycles. The van der Waals surface area contributed by atoms with Crippen molar-refractivity contribution in [1.82, 2.24) is 9.97 Å². The maximum Gasteiger partial charge on any atom is 0.353 e. The third-order valence-electron chi connectivity index (χ3n) is 5.91. The van der Waals surface area contributed by atoms with Crippen molar-refractivity contribution in [2.75, 3.05) is 23.3 Å². The zero-order valence-electron chi connectivity index (χ0n) is 17.9. The lowest BCUT2D eigenvalue weighted by Gasteiger charge is -2.32. The van der Waals surface area contributed by atoms with Gasteiger partial charge in [-0.25, -0.2) is 9.97 Å². The molecule has 0 unspecified atom stereocenters. The van der Waals surface area contributed by atoms with Gasteiger partial charge >= 0.3 is 5.69 Å². The Labute approximate surface area is 182 Å². The minimum atomic E-state index is -0.376. The van der Waals surface area contributed by atoms with Crippen molar-refractivity contribution in [3.8, 4) is 0 Å². The Morgan fingerprint density at radius 3 is 2.55 bits per heavy atom. The van der Waals surface area contributed by atoms with Gasteiger partial charge in [0.1, 0.15) is 6.33 Å². The fraction of sp³-hybridized carbons (Fsp3) is 0.333. The molecule has 0 aliphatic carbocycles. The van der Waals surface area contributed by atoms with Crippen LogP contribution in [0.25, 0.3) is 0 Å². The number of rotatable bonds is 6. The van der Waals surface area contributed by atoms with Gasteiger partial charge in [-0.3, -0.25) is 10.1 Å².